The topological polar surface area (TPSA) is 171 Å². The molecule has 0 radical (unpaired) electrons. The van der Waals surface area contributed by atoms with Gasteiger partial charge in [0.25, 0.3) is 0 Å². The first-order chi connectivity index (χ1) is 15.9. The summed E-state index contributed by atoms with van der Waals surface area (Å²) >= 11 is 0. The number of aliphatic carboxylic acids is 1. The van der Waals surface area contributed by atoms with Crippen LogP contribution in [0.3, 0.4) is 0 Å². The molecule has 1 aliphatic heterocycles. The normalized spacial score (nSPS) is 17.2. The van der Waals surface area contributed by atoms with Crippen molar-refractivity contribution in [1.82, 2.24) is 25.5 Å². The van der Waals surface area contributed by atoms with Crippen molar-refractivity contribution in [3.63, 3.8) is 0 Å². The molecule has 176 valence electrons. The van der Waals surface area contributed by atoms with E-state index in [1.54, 1.807) is 24.3 Å². The summed E-state index contributed by atoms with van der Waals surface area (Å²) in [5.41, 5.74) is 6.79. The highest BCUT2D eigenvalue weighted by Crippen LogP contribution is 2.18. The number of carbonyl (C=O) groups excluding carboxylic acids is 3. The van der Waals surface area contributed by atoms with Crippen molar-refractivity contribution in [2.75, 3.05) is 13.1 Å². The molecule has 3 amide bonds. The Bertz CT molecular complexity index is 965. The molecule has 2 aromatic rings. The van der Waals surface area contributed by atoms with Crippen molar-refractivity contribution in [1.29, 1.82) is 0 Å². The molecule has 3 atom stereocenters. The summed E-state index contributed by atoms with van der Waals surface area (Å²) in [6.07, 6.45) is 4.24. The number of benzene rings is 1. The maximum atomic E-state index is 13.1. The summed E-state index contributed by atoms with van der Waals surface area (Å²) in [7, 11) is 0. The first-order valence-electron chi connectivity index (χ1n) is 10.7. The second-order valence-corrected chi connectivity index (χ2v) is 7.88. The highest BCUT2D eigenvalue weighted by molar-refractivity contribution is 5.94. The minimum atomic E-state index is -1.19. The van der Waals surface area contributed by atoms with Crippen molar-refractivity contribution in [2.24, 2.45) is 5.73 Å². The molecule has 6 N–H and O–H groups in total. The highest BCUT2D eigenvalue weighted by atomic mass is 16.4. The van der Waals surface area contributed by atoms with Gasteiger partial charge in [-0.2, -0.15) is 0 Å². The number of rotatable bonds is 10. The molecule has 1 fully saturated rings. The molecule has 3 unspecified atom stereocenters. The van der Waals surface area contributed by atoms with Gasteiger partial charge < -0.3 is 31.4 Å². The highest BCUT2D eigenvalue weighted by Gasteiger charge is 2.36. The van der Waals surface area contributed by atoms with Gasteiger partial charge in [-0.3, -0.25) is 14.4 Å². The van der Waals surface area contributed by atoms with Crippen LogP contribution < -0.4 is 16.4 Å². The molecule has 1 aromatic heterocycles. The number of nitrogens with one attached hydrogen (secondary N) is 3. The van der Waals surface area contributed by atoms with Crippen LogP contribution in [0.2, 0.25) is 0 Å². The van der Waals surface area contributed by atoms with Gasteiger partial charge in [-0.15, -0.1) is 0 Å². The van der Waals surface area contributed by atoms with E-state index in [2.05, 4.69) is 20.6 Å². The van der Waals surface area contributed by atoms with E-state index in [4.69, 9.17) is 5.73 Å². The van der Waals surface area contributed by atoms with E-state index in [-0.39, 0.29) is 25.3 Å². The number of likely N-dealkylation sites (tertiary alicyclic amines) is 1. The third-order valence-corrected chi connectivity index (χ3v) is 5.56. The van der Waals surface area contributed by atoms with Crippen molar-refractivity contribution >= 4 is 23.7 Å². The van der Waals surface area contributed by atoms with Gasteiger partial charge in [-0.1, -0.05) is 30.3 Å². The van der Waals surface area contributed by atoms with Gasteiger partial charge in [-0.05, 0) is 18.4 Å². The summed E-state index contributed by atoms with van der Waals surface area (Å²) in [4.78, 5) is 58.1. The standard InChI is InChI=1S/C22H28N6O5/c23-11-19(29)28-8-4-7-18(28)21(31)26-16(10-15-12-24-13-25-15)20(30)27-17(22(32)33)9-14-5-2-1-3-6-14/h1-3,5-6,12-13,16-18H,4,7-11,23H2,(H,24,25)(H,26,31)(H,27,30)(H,32,33). The zero-order valence-corrected chi connectivity index (χ0v) is 18.1. The summed E-state index contributed by atoms with van der Waals surface area (Å²) < 4.78 is 0. The van der Waals surface area contributed by atoms with Gasteiger partial charge >= 0.3 is 5.97 Å². The molecular formula is C22H28N6O5. The monoisotopic (exact) mass is 456 g/mol. The molecule has 0 aliphatic carbocycles. The van der Waals surface area contributed by atoms with Gasteiger partial charge in [0.15, 0.2) is 0 Å². The van der Waals surface area contributed by atoms with E-state index >= 15 is 0 Å². The van der Waals surface area contributed by atoms with E-state index < -0.39 is 35.9 Å². The lowest BCUT2D eigenvalue weighted by Crippen LogP contribution is -2.56. The van der Waals surface area contributed by atoms with E-state index in [0.717, 1.165) is 5.56 Å². The summed E-state index contributed by atoms with van der Waals surface area (Å²) in [5, 5.41) is 14.8. The summed E-state index contributed by atoms with van der Waals surface area (Å²) in [6, 6.07) is 5.96. The molecule has 33 heavy (non-hydrogen) atoms. The average Bonchev–Trinajstić information content (AvgIpc) is 3.50. The number of carboxylic acid groups (broad SMARTS) is 1. The van der Waals surface area contributed by atoms with Crippen LogP contribution in [0.1, 0.15) is 24.1 Å². The van der Waals surface area contributed by atoms with Crippen LogP contribution in [0.4, 0.5) is 0 Å². The van der Waals surface area contributed by atoms with Crippen molar-refractivity contribution in [2.45, 2.75) is 43.8 Å². The number of carboxylic acids is 1. The molecule has 1 saturated heterocycles. The van der Waals surface area contributed by atoms with Gasteiger partial charge in [-0.25, -0.2) is 9.78 Å². The number of nitrogens with two attached hydrogens (primary N) is 1. The Hall–Kier alpha value is -3.73. The molecule has 0 spiro atoms. The van der Waals surface area contributed by atoms with Gasteiger partial charge in [0.05, 0.1) is 12.9 Å². The summed E-state index contributed by atoms with van der Waals surface area (Å²) in [6.45, 7) is 0.214. The first kappa shape index (κ1) is 23.9. The zero-order chi connectivity index (χ0) is 23.8. The van der Waals surface area contributed by atoms with Crippen LogP contribution in [0.15, 0.2) is 42.9 Å². The van der Waals surface area contributed by atoms with Crippen LogP contribution in [-0.4, -0.2) is 74.9 Å². The number of imidazole rings is 1. The molecule has 3 rings (SSSR count). The van der Waals surface area contributed by atoms with E-state index in [1.807, 2.05) is 6.07 Å². The number of aromatic nitrogens is 2. The number of hydrogen-bond donors (Lipinski definition) is 5. The Balaban J connectivity index is 1.73. The second kappa shape index (κ2) is 11.2. The van der Waals surface area contributed by atoms with Gasteiger partial charge in [0, 0.05) is 31.3 Å². The zero-order valence-electron chi connectivity index (χ0n) is 18.1. The fourth-order valence-corrected chi connectivity index (χ4v) is 3.87. The number of H-pyrrole nitrogens is 1. The third kappa shape index (κ3) is 6.39. The van der Waals surface area contributed by atoms with Crippen LogP contribution >= 0.6 is 0 Å². The Kier molecular flexibility index (Phi) is 8.14. The van der Waals surface area contributed by atoms with Crippen LogP contribution in [-0.2, 0) is 32.0 Å². The smallest absolute Gasteiger partial charge is 0.326 e. The number of nitrogens with zero attached hydrogens (tertiary/aromatic N) is 2. The number of aromatic amines is 1. The van der Waals surface area contributed by atoms with Gasteiger partial charge in [0.2, 0.25) is 17.7 Å². The Morgan fingerprint density at radius 2 is 1.91 bits per heavy atom. The van der Waals surface area contributed by atoms with Crippen molar-refractivity contribution in [3.8, 4) is 0 Å². The molecule has 1 aromatic carbocycles. The minimum Gasteiger partial charge on any atom is -0.480 e. The quantitative estimate of drug-likeness (QED) is 0.311. The first-order valence-corrected chi connectivity index (χ1v) is 10.7. The lowest BCUT2D eigenvalue weighted by atomic mass is 10.0. The van der Waals surface area contributed by atoms with Crippen molar-refractivity contribution in [3.05, 3.63) is 54.1 Å². The van der Waals surface area contributed by atoms with Crippen molar-refractivity contribution < 1.29 is 24.3 Å². The number of amides is 3. The van der Waals surface area contributed by atoms with Gasteiger partial charge in [0.1, 0.15) is 18.1 Å². The maximum Gasteiger partial charge on any atom is 0.326 e. The fraction of sp³-hybridized carbons (Fsp3) is 0.409. The molecule has 11 heteroatoms. The predicted octanol–water partition coefficient (Wildman–Crippen LogP) is -0.801. The maximum absolute atomic E-state index is 13.1. The molecular weight excluding hydrogens is 428 g/mol. The lowest BCUT2D eigenvalue weighted by molar-refractivity contribution is -0.142. The van der Waals surface area contributed by atoms with E-state index in [0.29, 0.717) is 25.1 Å². The second-order valence-electron chi connectivity index (χ2n) is 7.88. The molecule has 0 saturated carbocycles. The Morgan fingerprint density at radius 3 is 2.55 bits per heavy atom. The Labute approximate surface area is 190 Å². The number of carbonyl (C=O) groups is 4. The lowest BCUT2D eigenvalue weighted by Gasteiger charge is -2.26. The summed E-state index contributed by atoms with van der Waals surface area (Å²) in [5.74, 6) is -2.65. The predicted molar refractivity (Wildman–Crippen MR) is 118 cm³/mol. The molecule has 2 heterocycles. The SMILES string of the molecule is NCC(=O)N1CCCC1C(=O)NC(Cc1cnc[nH]1)C(=O)NC(Cc1ccccc1)C(=O)O. The fourth-order valence-electron chi connectivity index (χ4n) is 3.87. The molecule has 11 nitrogen and oxygen atoms in total. The number of hydrogen-bond acceptors (Lipinski definition) is 6. The third-order valence-electron chi connectivity index (χ3n) is 5.56. The average molecular weight is 457 g/mol. The minimum absolute atomic E-state index is 0.0762. The van der Waals surface area contributed by atoms with E-state index in [9.17, 15) is 24.3 Å². The Morgan fingerprint density at radius 1 is 1.15 bits per heavy atom. The van der Waals surface area contributed by atoms with Crippen LogP contribution in [0.25, 0.3) is 0 Å². The molecule has 1 aliphatic rings. The molecule has 0 bridgehead atoms. The van der Waals surface area contributed by atoms with Crippen LogP contribution in [0.5, 0.6) is 0 Å². The van der Waals surface area contributed by atoms with Crippen LogP contribution in [0, 0.1) is 0 Å². The van der Waals surface area contributed by atoms with E-state index in [1.165, 1.54) is 17.4 Å². The largest absolute Gasteiger partial charge is 0.480 e.